The fourth-order valence-electron chi connectivity index (χ4n) is 0.847. The van der Waals surface area contributed by atoms with Crippen LogP contribution in [0, 0.1) is 3.57 Å². The van der Waals surface area contributed by atoms with E-state index < -0.39 is 5.97 Å². The molecule has 0 aliphatic heterocycles. The molecule has 1 aromatic carbocycles. The van der Waals surface area contributed by atoms with E-state index in [0.29, 0.717) is 5.75 Å². The molecule has 3 nitrogen and oxygen atoms in total. The van der Waals surface area contributed by atoms with Crippen LogP contribution in [0.15, 0.2) is 18.2 Å². The van der Waals surface area contributed by atoms with Crippen LogP contribution in [0.3, 0.4) is 0 Å². The molecule has 0 radical (unpaired) electrons. The van der Waals surface area contributed by atoms with Gasteiger partial charge in [0.05, 0.1) is 7.11 Å². The Morgan fingerprint density at radius 1 is 1.58 bits per heavy atom. The molecular weight excluding hydrogens is 271 g/mol. The first-order valence-corrected chi connectivity index (χ1v) is 4.30. The molecule has 0 fully saturated rings. The van der Waals surface area contributed by atoms with Gasteiger partial charge in [0.2, 0.25) is 0 Å². The second-order valence-electron chi connectivity index (χ2n) is 2.15. The Morgan fingerprint density at radius 2 is 2.25 bits per heavy atom. The van der Waals surface area contributed by atoms with Crippen molar-refractivity contribution >= 4 is 28.6 Å². The molecule has 1 aromatic rings. The molecule has 12 heavy (non-hydrogen) atoms. The molecule has 0 aromatic heterocycles. The number of halogens is 1. The number of ether oxygens (including phenoxy) is 1. The van der Waals surface area contributed by atoms with Crippen molar-refractivity contribution in [3.8, 4) is 5.75 Å². The SMILES string of the molecule is COc1ccc(I)cc1C(=O)O. The van der Waals surface area contributed by atoms with Gasteiger partial charge in [0.25, 0.3) is 0 Å². The summed E-state index contributed by atoms with van der Waals surface area (Å²) in [6.45, 7) is 0. The van der Waals surface area contributed by atoms with E-state index in [1.54, 1.807) is 18.2 Å². The van der Waals surface area contributed by atoms with E-state index >= 15 is 0 Å². The second kappa shape index (κ2) is 3.75. The van der Waals surface area contributed by atoms with E-state index in [9.17, 15) is 4.79 Å². The van der Waals surface area contributed by atoms with Gasteiger partial charge < -0.3 is 9.84 Å². The highest BCUT2D eigenvalue weighted by atomic mass is 127. The molecule has 0 aliphatic carbocycles. The number of methoxy groups -OCH3 is 1. The average molecular weight is 278 g/mol. The van der Waals surface area contributed by atoms with E-state index in [1.807, 2.05) is 0 Å². The zero-order valence-electron chi connectivity index (χ0n) is 6.37. The zero-order valence-corrected chi connectivity index (χ0v) is 8.53. The minimum Gasteiger partial charge on any atom is -0.496 e. The van der Waals surface area contributed by atoms with Crippen molar-refractivity contribution in [1.82, 2.24) is 0 Å². The number of hydrogen-bond acceptors (Lipinski definition) is 2. The van der Waals surface area contributed by atoms with Gasteiger partial charge in [0.15, 0.2) is 0 Å². The number of hydrogen-bond donors (Lipinski definition) is 1. The molecule has 0 atom stereocenters. The molecule has 0 unspecified atom stereocenters. The van der Waals surface area contributed by atoms with Crippen molar-refractivity contribution in [3.05, 3.63) is 27.3 Å². The van der Waals surface area contributed by atoms with Crippen LogP contribution < -0.4 is 4.74 Å². The van der Waals surface area contributed by atoms with Crippen molar-refractivity contribution in [3.63, 3.8) is 0 Å². The predicted molar refractivity (Wildman–Crippen MR) is 52.7 cm³/mol. The number of carbonyl (C=O) groups is 1. The largest absolute Gasteiger partial charge is 0.496 e. The Balaban J connectivity index is 3.21. The summed E-state index contributed by atoms with van der Waals surface area (Å²) in [5, 5.41) is 8.74. The third-order valence-corrected chi connectivity index (χ3v) is 2.06. The highest BCUT2D eigenvalue weighted by Crippen LogP contribution is 2.20. The van der Waals surface area contributed by atoms with Gasteiger partial charge in [-0.05, 0) is 40.8 Å². The molecule has 0 aliphatic rings. The Morgan fingerprint density at radius 3 is 2.75 bits per heavy atom. The second-order valence-corrected chi connectivity index (χ2v) is 3.40. The molecule has 0 amide bonds. The predicted octanol–water partition coefficient (Wildman–Crippen LogP) is 2.00. The first kappa shape index (κ1) is 9.31. The van der Waals surface area contributed by atoms with Crippen molar-refractivity contribution in [2.75, 3.05) is 7.11 Å². The van der Waals surface area contributed by atoms with Crippen molar-refractivity contribution < 1.29 is 14.6 Å². The van der Waals surface area contributed by atoms with Crippen LogP contribution in [-0.4, -0.2) is 18.2 Å². The van der Waals surface area contributed by atoms with Crippen molar-refractivity contribution in [1.29, 1.82) is 0 Å². The van der Waals surface area contributed by atoms with Crippen LogP contribution in [0.2, 0.25) is 0 Å². The Labute approximate surface area is 83.5 Å². The van der Waals surface area contributed by atoms with Gasteiger partial charge >= 0.3 is 5.97 Å². The third-order valence-electron chi connectivity index (χ3n) is 1.39. The molecule has 0 saturated carbocycles. The van der Waals surface area contributed by atoms with Crippen molar-refractivity contribution in [2.45, 2.75) is 0 Å². The molecule has 0 spiro atoms. The topological polar surface area (TPSA) is 46.5 Å². The summed E-state index contributed by atoms with van der Waals surface area (Å²) in [4.78, 5) is 10.6. The lowest BCUT2D eigenvalue weighted by atomic mass is 10.2. The molecule has 0 heterocycles. The van der Waals surface area contributed by atoms with Gasteiger partial charge in [0, 0.05) is 3.57 Å². The van der Waals surface area contributed by atoms with Crippen LogP contribution in [-0.2, 0) is 0 Å². The van der Waals surface area contributed by atoms with Crippen LogP contribution in [0.4, 0.5) is 0 Å². The average Bonchev–Trinajstić information content (AvgIpc) is 2.04. The number of aromatic carboxylic acids is 1. The first-order chi connectivity index (χ1) is 5.65. The van der Waals surface area contributed by atoms with Crippen LogP contribution in [0.1, 0.15) is 10.4 Å². The maximum absolute atomic E-state index is 10.6. The normalized spacial score (nSPS) is 9.50. The molecule has 1 rings (SSSR count). The fourth-order valence-corrected chi connectivity index (χ4v) is 1.34. The van der Waals surface area contributed by atoms with Crippen LogP contribution >= 0.6 is 22.6 Å². The highest BCUT2D eigenvalue weighted by Gasteiger charge is 2.09. The van der Waals surface area contributed by atoms with E-state index in [4.69, 9.17) is 9.84 Å². The third kappa shape index (κ3) is 1.88. The lowest BCUT2D eigenvalue weighted by Gasteiger charge is -2.03. The van der Waals surface area contributed by atoms with Gasteiger partial charge in [-0.15, -0.1) is 0 Å². The van der Waals surface area contributed by atoms with Gasteiger partial charge in [-0.3, -0.25) is 0 Å². The molecule has 4 heteroatoms. The van der Waals surface area contributed by atoms with E-state index in [0.717, 1.165) is 3.57 Å². The Hall–Kier alpha value is -0.780. The van der Waals surface area contributed by atoms with Gasteiger partial charge in [-0.2, -0.15) is 0 Å². The van der Waals surface area contributed by atoms with Gasteiger partial charge in [0.1, 0.15) is 11.3 Å². The fraction of sp³-hybridized carbons (Fsp3) is 0.125. The first-order valence-electron chi connectivity index (χ1n) is 3.22. The number of carboxylic acids is 1. The molecule has 1 N–H and O–H groups in total. The molecular formula is C8H7IO3. The summed E-state index contributed by atoms with van der Waals surface area (Å²) in [5.74, 6) is -0.576. The zero-order chi connectivity index (χ0) is 9.14. The quantitative estimate of drug-likeness (QED) is 0.841. The maximum Gasteiger partial charge on any atom is 0.339 e. The van der Waals surface area contributed by atoms with E-state index in [1.165, 1.54) is 7.11 Å². The standard InChI is InChI=1S/C8H7IO3/c1-12-7-3-2-5(9)4-6(7)8(10)11/h2-4H,1H3,(H,10,11). The summed E-state index contributed by atoms with van der Waals surface area (Å²) in [6.07, 6.45) is 0. The van der Waals surface area contributed by atoms with Gasteiger partial charge in [-0.1, -0.05) is 0 Å². The highest BCUT2D eigenvalue weighted by molar-refractivity contribution is 14.1. The Bertz CT molecular complexity index is 309. The number of benzene rings is 1. The minimum atomic E-state index is -0.967. The van der Waals surface area contributed by atoms with Crippen LogP contribution in [0.5, 0.6) is 5.75 Å². The summed E-state index contributed by atoms with van der Waals surface area (Å²) >= 11 is 2.05. The lowest BCUT2D eigenvalue weighted by Crippen LogP contribution is -2.00. The van der Waals surface area contributed by atoms with E-state index in [2.05, 4.69) is 22.6 Å². The maximum atomic E-state index is 10.6. The monoisotopic (exact) mass is 278 g/mol. The Kier molecular flexibility index (Phi) is 2.91. The molecule has 64 valence electrons. The smallest absolute Gasteiger partial charge is 0.339 e. The lowest BCUT2D eigenvalue weighted by molar-refractivity contribution is 0.0693. The van der Waals surface area contributed by atoms with Gasteiger partial charge in [-0.25, -0.2) is 4.79 Å². The molecule has 0 saturated heterocycles. The van der Waals surface area contributed by atoms with Crippen LogP contribution in [0.25, 0.3) is 0 Å². The van der Waals surface area contributed by atoms with E-state index in [-0.39, 0.29) is 5.56 Å². The van der Waals surface area contributed by atoms with Crippen molar-refractivity contribution in [2.24, 2.45) is 0 Å². The molecule has 0 bridgehead atoms. The number of carboxylic acid groups (broad SMARTS) is 1. The summed E-state index contributed by atoms with van der Waals surface area (Å²) < 4.78 is 5.76. The summed E-state index contributed by atoms with van der Waals surface area (Å²) in [7, 11) is 1.45. The number of rotatable bonds is 2. The summed E-state index contributed by atoms with van der Waals surface area (Å²) in [6, 6.07) is 5.01. The summed E-state index contributed by atoms with van der Waals surface area (Å²) in [5.41, 5.74) is 0.199. The minimum absolute atomic E-state index is 0.199.